The van der Waals surface area contributed by atoms with Crippen molar-refractivity contribution in [2.45, 2.75) is 56.9 Å². The number of nitrogens with zero attached hydrogens (tertiary/aromatic N) is 4. The molecule has 2 fully saturated rings. The fraction of sp³-hybridized carbons (Fsp3) is 0.571. The summed E-state index contributed by atoms with van der Waals surface area (Å²) >= 11 is 6.24. The third-order valence-corrected chi connectivity index (χ3v) is 6.16. The number of likely N-dealkylation sites (tertiary alicyclic amines) is 1. The van der Waals surface area contributed by atoms with Crippen molar-refractivity contribution < 1.29 is 9.53 Å². The van der Waals surface area contributed by atoms with E-state index in [2.05, 4.69) is 10.1 Å². The summed E-state index contributed by atoms with van der Waals surface area (Å²) in [5, 5.41) is 4.95. The van der Waals surface area contributed by atoms with Crippen LogP contribution in [0.3, 0.4) is 0 Å². The fourth-order valence-corrected chi connectivity index (χ4v) is 4.60. The Labute approximate surface area is 170 Å². The number of rotatable bonds is 5. The van der Waals surface area contributed by atoms with E-state index in [4.69, 9.17) is 16.3 Å². The molecule has 6 nitrogen and oxygen atoms in total. The van der Waals surface area contributed by atoms with Gasteiger partial charge in [0.2, 0.25) is 0 Å². The summed E-state index contributed by atoms with van der Waals surface area (Å²) in [4.78, 5) is 18.7. The van der Waals surface area contributed by atoms with Gasteiger partial charge in [0.15, 0.2) is 6.61 Å². The highest BCUT2D eigenvalue weighted by atomic mass is 35.5. The minimum Gasteiger partial charge on any atom is -0.483 e. The van der Waals surface area contributed by atoms with Crippen LogP contribution in [0.1, 0.15) is 62.5 Å². The van der Waals surface area contributed by atoms with Crippen LogP contribution in [0.15, 0.2) is 30.9 Å². The molecule has 0 bridgehead atoms. The molecule has 2 aromatic rings. The Morgan fingerprint density at radius 3 is 2.82 bits per heavy atom. The van der Waals surface area contributed by atoms with Gasteiger partial charge in [0.1, 0.15) is 18.4 Å². The van der Waals surface area contributed by atoms with Crippen LogP contribution in [-0.2, 0) is 4.79 Å². The highest BCUT2D eigenvalue weighted by molar-refractivity contribution is 6.30. The van der Waals surface area contributed by atoms with Gasteiger partial charge in [-0.25, -0.2) is 9.67 Å². The molecule has 2 aliphatic rings. The van der Waals surface area contributed by atoms with E-state index in [1.54, 1.807) is 6.33 Å². The molecule has 1 aliphatic carbocycles. The van der Waals surface area contributed by atoms with E-state index in [0.29, 0.717) is 12.5 Å². The van der Waals surface area contributed by atoms with Gasteiger partial charge in [0.25, 0.3) is 5.91 Å². The minimum absolute atomic E-state index is 0.0226. The van der Waals surface area contributed by atoms with E-state index in [9.17, 15) is 4.79 Å². The third kappa shape index (κ3) is 4.49. The molecule has 0 radical (unpaired) electrons. The summed E-state index contributed by atoms with van der Waals surface area (Å²) in [6, 6.07) is 5.95. The molecule has 1 aromatic carbocycles. The van der Waals surface area contributed by atoms with Gasteiger partial charge >= 0.3 is 0 Å². The lowest BCUT2D eigenvalue weighted by Gasteiger charge is -2.32. The normalized spacial score (nSPS) is 20.9. The maximum Gasteiger partial charge on any atom is 0.260 e. The largest absolute Gasteiger partial charge is 0.483 e. The third-order valence-electron chi connectivity index (χ3n) is 5.93. The fourth-order valence-electron chi connectivity index (χ4n) is 4.42. The first-order chi connectivity index (χ1) is 13.7. The lowest BCUT2D eigenvalue weighted by Crippen LogP contribution is -2.43. The number of carbonyl (C=O) groups is 1. The van der Waals surface area contributed by atoms with Gasteiger partial charge in [-0.1, -0.05) is 30.9 Å². The Kier molecular flexibility index (Phi) is 6.15. The van der Waals surface area contributed by atoms with Crippen LogP contribution >= 0.6 is 11.6 Å². The standard InChI is InChI=1S/C21H27ClN4O2/c22-17-8-9-20(19(11-17)16-5-2-1-3-6-16)28-13-21(27)25-10-4-7-18(12-25)26-15-23-14-24-26/h8-9,11,14-16,18H,1-7,10,12-13H2. The average Bonchev–Trinajstić information content (AvgIpc) is 3.28. The molecule has 1 unspecified atom stereocenters. The zero-order valence-electron chi connectivity index (χ0n) is 16.1. The molecular weight excluding hydrogens is 376 g/mol. The second kappa shape index (κ2) is 8.95. The SMILES string of the molecule is O=C(COc1ccc(Cl)cc1C1CCCCC1)N1CCCC(n2cncn2)C1. The molecular formula is C21H27ClN4O2. The maximum atomic E-state index is 12.8. The van der Waals surface area contributed by atoms with Gasteiger partial charge in [-0.15, -0.1) is 0 Å². The highest BCUT2D eigenvalue weighted by Gasteiger charge is 2.26. The van der Waals surface area contributed by atoms with Crippen LogP contribution in [0.4, 0.5) is 0 Å². The van der Waals surface area contributed by atoms with Crippen LogP contribution in [0, 0.1) is 0 Å². The first-order valence-electron chi connectivity index (χ1n) is 10.2. The van der Waals surface area contributed by atoms with E-state index in [0.717, 1.165) is 48.6 Å². The summed E-state index contributed by atoms with van der Waals surface area (Å²) in [6.07, 6.45) is 11.3. The van der Waals surface area contributed by atoms with E-state index >= 15 is 0 Å². The number of benzene rings is 1. The second-order valence-corrected chi connectivity index (χ2v) is 8.25. The van der Waals surface area contributed by atoms with Crippen LogP contribution in [0.25, 0.3) is 0 Å². The number of halogens is 1. The van der Waals surface area contributed by atoms with Crippen LogP contribution in [-0.4, -0.2) is 45.3 Å². The topological polar surface area (TPSA) is 60.2 Å². The Morgan fingerprint density at radius 2 is 2.04 bits per heavy atom. The van der Waals surface area contributed by atoms with Crippen molar-refractivity contribution in [3.63, 3.8) is 0 Å². The van der Waals surface area contributed by atoms with E-state index < -0.39 is 0 Å². The lowest BCUT2D eigenvalue weighted by atomic mass is 9.84. The Hall–Kier alpha value is -2.08. The minimum atomic E-state index is 0.0226. The van der Waals surface area contributed by atoms with Crippen molar-refractivity contribution in [2.24, 2.45) is 0 Å². The predicted molar refractivity (Wildman–Crippen MR) is 108 cm³/mol. The summed E-state index contributed by atoms with van der Waals surface area (Å²) < 4.78 is 7.85. The number of ether oxygens (including phenoxy) is 1. The molecule has 28 heavy (non-hydrogen) atoms. The van der Waals surface area contributed by atoms with Gasteiger partial charge in [-0.05, 0) is 55.4 Å². The monoisotopic (exact) mass is 402 g/mol. The summed E-state index contributed by atoms with van der Waals surface area (Å²) in [5.74, 6) is 1.30. The molecule has 2 heterocycles. The summed E-state index contributed by atoms with van der Waals surface area (Å²) in [5.41, 5.74) is 1.15. The number of hydrogen-bond acceptors (Lipinski definition) is 4. The van der Waals surface area contributed by atoms with Crippen LogP contribution < -0.4 is 4.74 Å². The Bertz CT molecular complexity index is 790. The number of amides is 1. The molecule has 1 aliphatic heterocycles. The number of carbonyl (C=O) groups excluding carboxylic acids is 1. The molecule has 1 amide bonds. The smallest absolute Gasteiger partial charge is 0.260 e. The first kappa shape index (κ1) is 19.2. The number of piperidine rings is 1. The van der Waals surface area contributed by atoms with Crippen molar-refractivity contribution in [3.05, 3.63) is 41.4 Å². The molecule has 1 aromatic heterocycles. The molecule has 0 spiro atoms. The van der Waals surface area contributed by atoms with E-state index in [1.165, 1.54) is 25.6 Å². The summed E-state index contributed by atoms with van der Waals surface area (Å²) in [6.45, 7) is 1.48. The van der Waals surface area contributed by atoms with Gasteiger partial charge in [0, 0.05) is 18.1 Å². The van der Waals surface area contributed by atoms with Crippen LogP contribution in [0.5, 0.6) is 5.75 Å². The molecule has 1 saturated carbocycles. The lowest BCUT2D eigenvalue weighted by molar-refractivity contribution is -0.135. The molecule has 1 saturated heterocycles. The molecule has 1 atom stereocenters. The highest BCUT2D eigenvalue weighted by Crippen LogP contribution is 2.38. The van der Waals surface area contributed by atoms with Gasteiger partial charge in [-0.2, -0.15) is 5.10 Å². The molecule has 150 valence electrons. The Morgan fingerprint density at radius 1 is 1.18 bits per heavy atom. The number of hydrogen-bond donors (Lipinski definition) is 0. The molecule has 0 N–H and O–H groups in total. The molecule has 7 heteroatoms. The van der Waals surface area contributed by atoms with Gasteiger partial charge in [-0.3, -0.25) is 4.79 Å². The first-order valence-corrected chi connectivity index (χ1v) is 10.6. The zero-order valence-corrected chi connectivity index (χ0v) is 16.9. The Balaban J connectivity index is 1.39. The average molecular weight is 403 g/mol. The van der Waals surface area contributed by atoms with Crippen molar-refractivity contribution >= 4 is 17.5 Å². The van der Waals surface area contributed by atoms with E-state index in [1.807, 2.05) is 27.8 Å². The van der Waals surface area contributed by atoms with Crippen molar-refractivity contribution in [2.75, 3.05) is 19.7 Å². The number of aromatic nitrogens is 3. The summed E-state index contributed by atoms with van der Waals surface area (Å²) in [7, 11) is 0. The maximum absolute atomic E-state index is 12.8. The zero-order chi connectivity index (χ0) is 19.3. The van der Waals surface area contributed by atoms with Crippen molar-refractivity contribution in [1.82, 2.24) is 19.7 Å². The molecule has 4 rings (SSSR count). The van der Waals surface area contributed by atoms with Crippen molar-refractivity contribution in [1.29, 1.82) is 0 Å². The predicted octanol–water partition coefficient (Wildman–Crippen LogP) is 4.22. The quantitative estimate of drug-likeness (QED) is 0.751. The van der Waals surface area contributed by atoms with Crippen molar-refractivity contribution in [3.8, 4) is 5.75 Å². The van der Waals surface area contributed by atoms with Crippen LogP contribution in [0.2, 0.25) is 5.02 Å². The second-order valence-electron chi connectivity index (χ2n) is 7.82. The van der Waals surface area contributed by atoms with E-state index in [-0.39, 0.29) is 18.6 Å². The van der Waals surface area contributed by atoms with Gasteiger partial charge in [0.05, 0.1) is 6.04 Å². The van der Waals surface area contributed by atoms with Gasteiger partial charge < -0.3 is 9.64 Å².